The highest BCUT2D eigenvalue weighted by Gasteiger charge is 2.19. The average Bonchev–Trinajstić information content (AvgIpc) is 2.67. The number of non-ortho nitro benzene ring substituents is 1. The van der Waals surface area contributed by atoms with Crippen LogP contribution in [0.5, 0.6) is 0 Å². The van der Waals surface area contributed by atoms with E-state index < -0.39 is 4.92 Å². The highest BCUT2D eigenvalue weighted by molar-refractivity contribution is 6.33. The molecule has 3 rings (SSSR count). The fraction of sp³-hybridized carbons (Fsp3) is 0.333. The molecule has 0 aliphatic carbocycles. The number of halogens is 1. The first-order valence-corrected chi connectivity index (χ1v) is 8.84. The van der Waals surface area contributed by atoms with Gasteiger partial charge in [0, 0.05) is 38.0 Å². The third-order valence-electron chi connectivity index (χ3n) is 4.34. The van der Waals surface area contributed by atoms with Gasteiger partial charge in [-0.15, -0.1) is 0 Å². The second-order valence-corrected chi connectivity index (χ2v) is 6.59. The number of carbonyl (C=O) groups excluding carboxylic acids is 1. The molecular formula is C18H19ClN4O3. The van der Waals surface area contributed by atoms with Gasteiger partial charge in [-0.1, -0.05) is 23.7 Å². The molecule has 1 amide bonds. The van der Waals surface area contributed by atoms with Gasteiger partial charge in [-0.3, -0.25) is 14.9 Å². The van der Waals surface area contributed by atoms with Crippen LogP contribution in [0.15, 0.2) is 36.5 Å². The number of nitrogens with one attached hydrogen (secondary N) is 1. The van der Waals surface area contributed by atoms with Gasteiger partial charge in [-0.25, -0.2) is 4.98 Å². The van der Waals surface area contributed by atoms with Gasteiger partial charge in [0.15, 0.2) is 0 Å². The Morgan fingerprint density at radius 3 is 2.54 bits per heavy atom. The number of rotatable bonds is 5. The van der Waals surface area contributed by atoms with Crippen LogP contribution in [0.2, 0.25) is 5.02 Å². The normalized spacial score (nSPS) is 14.1. The molecule has 1 aromatic heterocycles. The summed E-state index contributed by atoms with van der Waals surface area (Å²) in [5.74, 6) is 0.432. The van der Waals surface area contributed by atoms with Crippen molar-refractivity contribution in [1.82, 2.24) is 9.88 Å². The fourth-order valence-electron chi connectivity index (χ4n) is 2.89. The van der Waals surface area contributed by atoms with E-state index in [-0.39, 0.29) is 11.6 Å². The second kappa shape index (κ2) is 8.14. The van der Waals surface area contributed by atoms with E-state index in [0.717, 1.165) is 37.9 Å². The van der Waals surface area contributed by atoms with Crippen LogP contribution in [0.25, 0.3) is 0 Å². The van der Waals surface area contributed by atoms with Gasteiger partial charge in [-0.05, 0) is 30.9 Å². The summed E-state index contributed by atoms with van der Waals surface area (Å²) in [6.45, 7) is 1.97. The summed E-state index contributed by atoms with van der Waals surface area (Å²) in [5.41, 5.74) is 1.39. The van der Waals surface area contributed by atoms with Crippen LogP contribution in [0.3, 0.4) is 0 Å². The maximum Gasteiger partial charge on any atom is 0.269 e. The summed E-state index contributed by atoms with van der Waals surface area (Å²) < 4.78 is 0. The van der Waals surface area contributed by atoms with Gasteiger partial charge >= 0.3 is 0 Å². The zero-order chi connectivity index (χ0) is 18.5. The molecule has 1 aliphatic rings. The van der Waals surface area contributed by atoms with E-state index in [1.54, 1.807) is 18.2 Å². The fourth-order valence-corrected chi connectivity index (χ4v) is 3.12. The Morgan fingerprint density at radius 2 is 1.92 bits per heavy atom. The zero-order valence-electron chi connectivity index (χ0n) is 14.2. The molecule has 0 atom stereocenters. The van der Waals surface area contributed by atoms with Crippen molar-refractivity contribution in [3.8, 4) is 0 Å². The maximum absolute atomic E-state index is 12.5. The molecule has 26 heavy (non-hydrogen) atoms. The van der Waals surface area contributed by atoms with Crippen LogP contribution in [-0.4, -0.2) is 33.8 Å². The number of amides is 1. The van der Waals surface area contributed by atoms with Gasteiger partial charge < -0.3 is 10.2 Å². The molecule has 2 heterocycles. The SMILES string of the molecule is O=C(c1cnc(NCc2ccc([N+](=O)[O-])cc2)c(Cl)c1)N1CCCCC1. The van der Waals surface area contributed by atoms with Crippen molar-refractivity contribution in [3.05, 3.63) is 62.8 Å². The Balaban J connectivity index is 1.63. The first-order valence-electron chi connectivity index (χ1n) is 8.46. The van der Waals surface area contributed by atoms with Crippen molar-refractivity contribution in [2.45, 2.75) is 25.8 Å². The molecule has 0 spiro atoms. The summed E-state index contributed by atoms with van der Waals surface area (Å²) in [6, 6.07) is 7.88. The largest absolute Gasteiger partial charge is 0.365 e. The van der Waals surface area contributed by atoms with Crippen LogP contribution in [0.4, 0.5) is 11.5 Å². The Labute approximate surface area is 156 Å². The van der Waals surface area contributed by atoms with Gasteiger partial charge in [0.05, 0.1) is 15.5 Å². The monoisotopic (exact) mass is 374 g/mol. The number of aromatic nitrogens is 1. The number of hydrogen-bond acceptors (Lipinski definition) is 5. The number of nitro groups is 1. The van der Waals surface area contributed by atoms with Crippen molar-refractivity contribution in [2.24, 2.45) is 0 Å². The highest BCUT2D eigenvalue weighted by Crippen LogP contribution is 2.23. The molecule has 8 heteroatoms. The molecule has 1 aliphatic heterocycles. The molecule has 0 unspecified atom stereocenters. The number of nitro benzene ring substituents is 1. The predicted octanol–water partition coefficient (Wildman–Crippen LogP) is 3.88. The van der Waals surface area contributed by atoms with Crippen molar-refractivity contribution < 1.29 is 9.72 Å². The highest BCUT2D eigenvalue weighted by atomic mass is 35.5. The van der Waals surface area contributed by atoms with E-state index >= 15 is 0 Å². The van der Waals surface area contributed by atoms with Crippen molar-refractivity contribution in [1.29, 1.82) is 0 Å². The van der Waals surface area contributed by atoms with E-state index in [1.807, 2.05) is 4.90 Å². The number of hydrogen-bond donors (Lipinski definition) is 1. The van der Waals surface area contributed by atoms with Crippen LogP contribution in [-0.2, 0) is 6.54 Å². The van der Waals surface area contributed by atoms with E-state index in [9.17, 15) is 14.9 Å². The lowest BCUT2D eigenvalue weighted by atomic mass is 10.1. The predicted molar refractivity (Wildman–Crippen MR) is 99.4 cm³/mol. The number of benzene rings is 1. The Hall–Kier alpha value is -2.67. The molecule has 0 radical (unpaired) electrons. The van der Waals surface area contributed by atoms with E-state index in [2.05, 4.69) is 10.3 Å². The third-order valence-corrected chi connectivity index (χ3v) is 4.63. The minimum absolute atomic E-state index is 0.0407. The van der Waals surface area contributed by atoms with Crippen LogP contribution < -0.4 is 5.32 Å². The molecule has 0 saturated carbocycles. The van der Waals surface area contributed by atoms with E-state index in [1.165, 1.54) is 18.3 Å². The zero-order valence-corrected chi connectivity index (χ0v) is 14.9. The van der Waals surface area contributed by atoms with Crippen molar-refractivity contribution in [3.63, 3.8) is 0 Å². The molecule has 1 N–H and O–H groups in total. The second-order valence-electron chi connectivity index (χ2n) is 6.18. The first kappa shape index (κ1) is 18.1. The van der Waals surface area contributed by atoms with Crippen LogP contribution >= 0.6 is 11.6 Å². The van der Waals surface area contributed by atoms with Gasteiger partial charge in [-0.2, -0.15) is 0 Å². The number of likely N-dealkylation sites (tertiary alicyclic amines) is 1. The van der Waals surface area contributed by atoms with Gasteiger partial charge in [0.25, 0.3) is 11.6 Å². The molecule has 1 saturated heterocycles. The number of piperidine rings is 1. The van der Waals surface area contributed by atoms with E-state index in [0.29, 0.717) is 22.9 Å². The molecule has 0 bridgehead atoms. The molecule has 1 fully saturated rings. The maximum atomic E-state index is 12.5. The van der Waals surface area contributed by atoms with Crippen molar-refractivity contribution in [2.75, 3.05) is 18.4 Å². The lowest BCUT2D eigenvalue weighted by molar-refractivity contribution is -0.384. The minimum atomic E-state index is -0.437. The number of pyridine rings is 1. The van der Waals surface area contributed by atoms with Crippen LogP contribution in [0, 0.1) is 10.1 Å². The number of carbonyl (C=O) groups is 1. The third kappa shape index (κ3) is 4.29. The van der Waals surface area contributed by atoms with Crippen molar-refractivity contribution >= 4 is 29.0 Å². The molecular weight excluding hydrogens is 356 g/mol. The van der Waals surface area contributed by atoms with E-state index in [4.69, 9.17) is 11.6 Å². The number of anilines is 1. The Morgan fingerprint density at radius 1 is 1.23 bits per heavy atom. The smallest absolute Gasteiger partial charge is 0.269 e. The summed E-state index contributed by atoms with van der Waals surface area (Å²) in [5, 5.41) is 14.1. The summed E-state index contributed by atoms with van der Waals surface area (Å²) in [6.07, 6.45) is 4.75. The Kier molecular flexibility index (Phi) is 5.68. The first-order chi connectivity index (χ1) is 12.5. The number of nitrogens with zero attached hydrogens (tertiary/aromatic N) is 3. The average molecular weight is 375 g/mol. The topological polar surface area (TPSA) is 88.4 Å². The standard InChI is InChI=1S/C18H19ClN4O3/c19-16-10-14(18(24)22-8-2-1-3-9-22)12-21-17(16)20-11-13-4-6-15(7-5-13)23(25)26/h4-7,10,12H,1-3,8-9,11H2,(H,20,21). The summed E-state index contributed by atoms with van der Waals surface area (Å²) in [4.78, 5) is 28.8. The summed E-state index contributed by atoms with van der Waals surface area (Å²) >= 11 is 6.26. The molecule has 2 aromatic rings. The van der Waals surface area contributed by atoms with Gasteiger partial charge in [0.1, 0.15) is 5.82 Å². The quantitative estimate of drug-likeness (QED) is 0.633. The molecule has 7 nitrogen and oxygen atoms in total. The lowest BCUT2D eigenvalue weighted by Crippen LogP contribution is -2.35. The molecule has 1 aromatic carbocycles. The summed E-state index contributed by atoms with van der Waals surface area (Å²) in [7, 11) is 0. The minimum Gasteiger partial charge on any atom is -0.365 e. The van der Waals surface area contributed by atoms with Crippen LogP contribution in [0.1, 0.15) is 35.2 Å². The molecule has 136 valence electrons. The van der Waals surface area contributed by atoms with Gasteiger partial charge in [0.2, 0.25) is 0 Å². The Bertz CT molecular complexity index is 805. The lowest BCUT2D eigenvalue weighted by Gasteiger charge is -2.26.